The minimum absolute atomic E-state index is 0.0971. The zero-order chi connectivity index (χ0) is 21.1. The Bertz CT molecular complexity index is 1110. The molecular formula is C19H16F2IN5O2. The van der Waals surface area contributed by atoms with Crippen LogP contribution in [0.5, 0.6) is 0 Å². The summed E-state index contributed by atoms with van der Waals surface area (Å²) >= 11 is 1.99. The van der Waals surface area contributed by atoms with E-state index in [9.17, 15) is 18.4 Å². The van der Waals surface area contributed by atoms with Gasteiger partial charge in [0.05, 0.1) is 11.9 Å². The van der Waals surface area contributed by atoms with Crippen LogP contribution in [0.4, 0.5) is 14.6 Å². The molecular weight excluding hydrogens is 495 g/mol. The molecule has 0 spiro atoms. The van der Waals surface area contributed by atoms with Crippen LogP contribution in [-0.2, 0) is 11.3 Å². The van der Waals surface area contributed by atoms with Gasteiger partial charge in [-0.1, -0.05) is 13.8 Å². The van der Waals surface area contributed by atoms with E-state index in [-0.39, 0.29) is 11.7 Å². The van der Waals surface area contributed by atoms with Gasteiger partial charge in [0.25, 0.3) is 5.56 Å². The number of aromatic nitrogens is 4. The number of rotatable bonds is 5. The molecule has 3 aromatic rings. The van der Waals surface area contributed by atoms with Crippen molar-refractivity contribution in [2.45, 2.75) is 26.3 Å². The van der Waals surface area contributed by atoms with Crippen LogP contribution in [0.3, 0.4) is 0 Å². The van der Waals surface area contributed by atoms with Gasteiger partial charge in [0.15, 0.2) is 11.6 Å². The lowest BCUT2D eigenvalue weighted by Crippen LogP contribution is -2.31. The molecule has 7 nitrogen and oxygen atoms in total. The van der Waals surface area contributed by atoms with Crippen LogP contribution in [0.15, 0.2) is 41.6 Å². The van der Waals surface area contributed by atoms with Crippen LogP contribution in [0.2, 0.25) is 0 Å². The zero-order valence-electron chi connectivity index (χ0n) is 15.5. The molecule has 3 rings (SSSR count). The van der Waals surface area contributed by atoms with Crippen LogP contribution in [0, 0.1) is 15.2 Å². The third kappa shape index (κ3) is 5.00. The molecule has 29 heavy (non-hydrogen) atoms. The van der Waals surface area contributed by atoms with Crippen molar-refractivity contribution in [1.82, 2.24) is 19.7 Å². The first-order valence-corrected chi connectivity index (χ1v) is 9.66. The van der Waals surface area contributed by atoms with Gasteiger partial charge in [0.1, 0.15) is 18.7 Å². The number of benzene rings is 1. The van der Waals surface area contributed by atoms with E-state index in [1.807, 2.05) is 36.4 Å². The number of hydrogen-bond donors (Lipinski definition) is 1. The molecule has 0 bridgehead atoms. The van der Waals surface area contributed by atoms with Gasteiger partial charge < -0.3 is 5.32 Å². The molecule has 0 aliphatic rings. The van der Waals surface area contributed by atoms with E-state index in [2.05, 4.69) is 20.4 Å². The molecule has 2 heterocycles. The third-order valence-corrected chi connectivity index (χ3v) is 4.59. The summed E-state index contributed by atoms with van der Waals surface area (Å²) in [5.74, 6) is -2.26. The van der Waals surface area contributed by atoms with Crippen molar-refractivity contribution >= 4 is 34.3 Å². The number of anilines is 1. The van der Waals surface area contributed by atoms with Gasteiger partial charge in [-0.25, -0.2) is 23.4 Å². The smallest absolute Gasteiger partial charge is 0.267 e. The van der Waals surface area contributed by atoms with Gasteiger partial charge in [-0.15, -0.1) is 0 Å². The van der Waals surface area contributed by atoms with Crippen molar-refractivity contribution < 1.29 is 13.6 Å². The Labute approximate surface area is 178 Å². The Morgan fingerprint density at radius 1 is 1.24 bits per heavy atom. The maximum absolute atomic E-state index is 13.8. The Morgan fingerprint density at radius 2 is 2.00 bits per heavy atom. The van der Waals surface area contributed by atoms with E-state index >= 15 is 0 Å². The van der Waals surface area contributed by atoms with Crippen molar-refractivity contribution in [3.05, 3.63) is 68.0 Å². The molecule has 0 unspecified atom stereocenters. The van der Waals surface area contributed by atoms with E-state index in [0.717, 1.165) is 17.2 Å². The van der Waals surface area contributed by atoms with Crippen LogP contribution in [0.25, 0.3) is 11.1 Å². The first-order chi connectivity index (χ1) is 13.7. The summed E-state index contributed by atoms with van der Waals surface area (Å²) in [7, 11) is 0. The van der Waals surface area contributed by atoms with Crippen molar-refractivity contribution in [2.75, 3.05) is 5.32 Å². The Balaban J connectivity index is 1.95. The molecule has 0 aliphatic heterocycles. The molecule has 2 aromatic heterocycles. The summed E-state index contributed by atoms with van der Waals surface area (Å²) in [6.45, 7) is 3.32. The summed E-state index contributed by atoms with van der Waals surface area (Å²) in [6.07, 6.45) is 2.01. The van der Waals surface area contributed by atoms with E-state index in [1.165, 1.54) is 18.2 Å². The van der Waals surface area contributed by atoms with E-state index in [4.69, 9.17) is 0 Å². The number of hydrogen-bond acceptors (Lipinski definition) is 5. The predicted octanol–water partition coefficient (Wildman–Crippen LogP) is 3.35. The third-order valence-electron chi connectivity index (χ3n) is 3.97. The number of nitrogens with one attached hydrogen (secondary N) is 1. The minimum Gasteiger partial charge on any atom is -0.307 e. The van der Waals surface area contributed by atoms with Crippen molar-refractivity contribution in [3.63, 3.8) is 0 Å². The van der Waals surface area contributed by atoms with Crippen molar-refractivity contribution in [1.29, 1.82) is 0 Å². The highest BCUT2D eigenvalue weighted by atomic mass is 127. The van der Waals surface area contributed by atoms with Crippen LogP contribution >= 0.6 is 22.6 Å². The van der Waals surface area contributed by atoms with Gasteiger partial charge in [0, 0.05) is 15.2 Å². The number of amides is 1. The van der Waals surface area contributed by atoms with Crippen LogP contribution < -0.4 is 10.9 Å². The largest absolute Gasteiger partial charge is 0.307 e. The Hall–Kier alpha value is -2.76. The highest BCUT2D eigenvalue weighted by Gasteiger charge is 2.17. The standard InChI is InChI=1S/C19H16F2IN5O2/c1-10(2)18-14(11-3-12(20)5-13(22)4-11)6-17(29)27(26-18)8-16(28)25-19-15(21)7-23-9-24-19/h3-7,9-10H,8H2,1-2H3,(H,23,24,25,28). The summed E-state index contributed by atoms with van der Waals surface area (Å²) in [4.78, 5) is 31.9. The Morgan fingerprint density at radius 3 is 2.66 bits per heavy atom. The molecule has 1 N–H and O–H groups in total. The number of carbonyl (C=O) groups is 1. The molecule has 0 atom stereocenters. The number of halogens is 3. The van der Waals surface area contributed by atoms with E-state index < -0.39 is 29.6 Å². The maximum Gasteiger partial charge on any atom is 0.267 e. The second kappa shape index (κ2) is 8.72. The normalized spacial score (nSPS) is 11.0. The van der Waals surface area contributed by atoms with Gasteiger partial charge in [0.2, 0.25) is 5.91 Å². The quantitative estimate of drug-likeness (QED) is 0.531. The SMILES string of the molecule is CC(C)c1nn(CC(=O)Nc2ncncc2F)c(=O)cc1-c1cc(F)cc(I)c1. The monoisotopic (exact) mass is 511 g/mol. The Kier molecular flexibility index (Phi) is 6.30. The predicted molar refractivity (Wildman–Crippen MR) is 111 cm³/mol. The molecule has 150 valence electrons. The number of carbonyl (C=O) groups excluding carboxylic acids is 1. The topological polar surface area (TPSA) is 89.8 Å². The molecule has 0 saturated carbocycles. The fourth-order valence-corrected chi connectivity index (χ4v) is 3.33. The molecule has 0 aliphatic carbocycles. The zero-order valence-corrected chi connectivity index (χ0v) is 17.6. The lowest BCUT2D eigenvalue weighted by Gasteiger charge is -2.15. The van der Waals surface area contributed by atoms with Crippen molar-refractivity contribution in [2.24, 2.45) is 0 Å². The first-order valence-electron chi connectivity index (χ1n) is 8.58. The minimum atomic E-state index is -0.792. The fourth-order valence-electron chi connectivity index (χ4n) is 2.70. The molecule has 0 radical (unpaired) electrons. The van der Waals surface area contributed by atoms with Gasteiger partial charge >= 0.3 is 0 Å². The molecule has 1 aromatic carbocycles. The molecule has 0 fully saturated rings. The average molecular weight is 511 g/mol. The summed E-state index contributed by atoms with van der Waals surface area (Å²) in [6, 6.07) is 5.79. The highest BCUT2D eigenvalue weighted by Crippen LogP contribution is 2.28. The van der Waals surface area contributed by atoms with Crippen LogP contribution in [0.1, 0.15) is 25.5 Å². The molecule has 0 saturated heterocycles. The van der Waals surface area contributed by atoms with Gasteiger partial charge in [-0.3, -0.25) is 9.59 Å². The summed E-state index contributed by atoms with van der Waals surface area (Å²) < 4.78 is 29.1. The average Bonchev–Trinajstić information content (AvgIpc) is 2.64. The molecule has 10 heteroatoms. The lowest BCUT2D eigenvalue weighted by atomic mass is 9.98. The molecule has 1 amide bonds. The van der Waals surface area contributed by atoms with Gasteiger partial charge in [-0.2, -0.15) is 5.10 Å². The van der Waals surface area contributed by atoms with Crippen LogP contribution in [-0.4, -0.2) is 25.7 Å². The van der Waals surface area contributed by atoms with Crippen molar-refractivity contribution in [3.8, 4) is 11.1 Å². The number of nitrogens with zero attached hydrogens (tertiary/aromatic N) is 4. The second-order valence-corrected chi connectivity index (χ2v) is 7.77. The second-order valence-electron chi connectivity index (χ2n) is 6.52. The maximum atomic E-state index is 13.8. The first kappa shape index (κ1) is 21.0. The van der Waals surface area contributed by atoms with Gasteiger partial charge in [-0.05, 0) is 52.3 Å². The summed E-state index contributed by atoms with van der Waals surface area (Å²) in [5.41, 5.74) is 1.03. The summed E-state index contributed by atoms with van der Waals surface area (Å²) in [5, 5.41) is 6.58. The highest BCUT2D eigenvalue weighted by molar-refractivity contribution is 14.1. The fraction of sp³-hybridized carbons (Fsp3) is 0.211. The van der Waals surface area contributed by atoms with E-state index in [0.29, 0.717) is 20.4 Å². The van der Waals surface area contributed by atoms with E-state index in [1.54, 1.807) is 6.07 Å². The lowest BCUT2D eigenvalue weighted by molar-refractivity contribution is -0.117.